The van der Waals surface area contributed by atoms with E-state index in [0.717, 1.165) is 56.4 Å². The summed E-state index contributed by atoms with van der Waals surface area (Å²) in [4.78, 5) is 30.7. The monoisotopic (exact) mass is 575 g/mol. The maximum atomic E-state index is 14.2. The Morgan fingerprint density at radius 3 is 2.20 bits per heavy atom. The number of thioether (sulfide) groups is 1. The van der Waals surface area contributed by atoms with E-state index in [1.807, 2.05) is 0 Å². The zero-order valence-corrected chi connectivity index (χ0v) is 23.0. The average Bonchev–Trinajstić information content (AvgIpc) is 2.95. The summed E-state index contributed by atoms with van der Waals surface area (Å²) in [6.07, 6.45) is 1.16. The fourth-order valence-corrected chi connectivity index (χ4v) is 8.31. The number of hydrogen-bond acceptors (Lipinski definition) is 5. The van der Waals surface area contributed by atoms with Gasteiger partial charge in [0.15, 0.2) is 5.78 Å². The Morgan fingerprint density at radius 1 is 0.976 bits per heavy atom. The second-order valence-electron chi connectivity index (χ2n) is 11.6. The van der Waals surface area contributed by atoms with E-state index in [2.05, 4.69) is 10.3 Å². The van der Waals surface area contributed by atoms with Gasteiger partial charge in [0, 0.05) is 22.2 Å². The number of carbonyl (C=O) groups excluding carboxylic acids is 2. The molecule has 1 heterocycles. The third kappa shape index (κ3) is 5.38. The minimum absolute atomic E-state index is 0.0723. The molecule has 2 aromatic carbocycles. The van der Waals surface area contributed by atoms with E-state index in [1.165, 1.54) is 0 Å². The number of benzene rings is 2. The van der Waals surface area contributed by atoms with Gasteiger partial charge in [0.25, 0.3) is 0 Å². The van der Waals surface area contributed by atoms with E-state index in [1.54, 1.807) is 60.7 Å². The van der Waals surface area contributed by atoms with Crippen molar-refractivity contribution in [3.05, 3.63) is 88.6 Å². The van der Waals surface area contributed by atoms with Gasteiger partial charge in [-0.15, -0.1) is 0 Å². The van der Waals surface area contributed by atoms with Crippen LogP contribution in [0.4, 0.5) is 18.9 Å². The van der Waals surface area contributed by atoms with Gasteiger partial charge in [-0.2, -0.15) is 18.4 Å². The van der Waals surface area contributed by atoms with E-state index < -0.39 is 28.6 Å². The Hall–Kier alpha value is -3.64. The molecule has 1 N–H and O–H groups in total. The van der Waals surface area contributed by atoms with E-state index in [4.69, 9.17) is 0 Å². The second-order valence-corrected chi connectivity index (χ2v) is 12.6. The molecule has 4 bridgehead atoms. The topological polar surface area (TPSA) is 82.8 Å². The predicted octanol–water partition coefficient (Wildman–Crippen LogP) is 7.40. The van der Waals surface area contributed by atoms with Crippen LogP contribution >= 0.6 is 11.8 Å². The third-order valence-corrected chi connectivity index (χ3v) is 9.78. The van der Waals surface area contributed by atoms with Crippen LogP contribution in [0.5, 0.6) is 0 Å². The number of halogens is 3. The van der Waals surface area contributed by atoms with Crippen molar-refractivity contribution in [2.24, 2.45) is 17.8 Å². The quantitative estimate of drug-likeness (QED) is 0.234. The molecule has 0 atom stereocenters. The number of ketones is 1. The summed E-state index contributed by atoms with van der Waals surface area (Å²) in [6.45, 7) is 0. The number of pyridine rings is 1. The highest BCUT2D eigenvalue weighted by Gasteiger charge is 2.53. The molecule has 41 heavy (non-hydrogen) atoms. The highest BCUT2D eigenvalue weighted by Crippen LogP contribution is 2.60. The van der Waals surface area contributed by atoms with Crippen molar-refractivity contribution in [1.82, 2.24) is 4.98 Å². The molecular weight excluding hydrogens is 547 g/mol. The summed E-state index contributed by atoms with van der Waals surface area (Å²) in [7, 11) is 0. The summed E-state index contributed by atoms with van der Waals surface area (Å²) in [5, 5.41) is 12.4. The lowest BCUT2D eigenvalue weighted by molar-refractivity contribution is -0.138. The number of anilines is 1. The molecule has 9 heteroatoms. The number of amides is 1. The Labute approximate surface area is 240 Å². The number of nitrogens with zero attached hydrogens (tertiary/aromatic N) is 2. The summed E-state index contributed by atoms with van der Waals surface area (Å²) >= 11 is 0.827. The van der Waals surface area contributed by atoms with Crippen LogP contribution in [0.25, 0.3) is 0 Å². The minimum atomic E-state index is -4.72. The molecule has 4 saturated carbocycles. The first-order valence-corrected chi connectivity index (χ1v) is 14.8. The van der Waals surface area contributed by atoms with Crippen LogP contribution in [-0.2, 0) is 16.4 Å². The number of nitriles is 1. The molecule has 0 spiro atoms. The number of nitrogens with one attached hydrogen (secondary N) is 1. The molecule has 5 nitrogen and oxygen atoms in total. The molecule has 0 unspecified atom stereocenters. The van der Waals surface area contributed by atoms with Crippen LogP contribution in [0.3, 0.4) is 0 Å². The van der Waals surface area contributed by atoms with Gasteiger partial charge in [0.05, 0.1) is 22.6 Å². The fourth-order valence-electron chi connectivity index (χ4n) is 7.51. The van der Waals surface area contributed by atoms with Gasteiger partial charge < -0.3 is 5.32 Å². The maximum Gasteiger partial charge on any atom is 0.417 e. The predicted molar refractivity (Wildman–Crippen MR) is 149 cm³/mol. The molecule has 1 amide bonds. The lowest BCUT2D eigenvalue weighted by Gasteiger charge is -2.56. The normalized spacial score (nSPS) is 24.6. The van der Waals surface area contributed by atoms with Gasteiger partial charge in [-0.1, -0.05) is 54.2 Å². The summed E-state index contributed by atoms with van der Waals surface area (Å²) < 4.78 is 42.6. The molecule has 210 valence electrons. The first-order valence-electron chi connectivity index (χ1n) is 13.8. The molecule has 0 saturated heterocycles. The zero-order valence-electron chi connectivity index (χ0n) is 22.2. The fraction of sp³-hybridized carbons (Fsp3) is 0.375. The van der Waals surface area contributed by atoms with Crippen molar-refractivity contribution in [3.8, 4) is 6.07 Å². The number of carbonyl (C=O) groups is 2. The number of hydrogen-bond donors (Lipinski definition) is 1. The van der Waals surface area contributed by atoms with Gasteiger partial charge in [0.2, 0.25) is 5.91 Å². The molecular formula is C32H28F3N3O2S. The SMILES string of the molecule is N#Cc1c(C(F)(F)F)cc(C23CC4CC(CC(C4)C2)C3)nc1SCC(=O)Nc1ccccc1C(=O)c1ccccc1. The molecule has 4 aliphatic carbocycles. The standard InChI is InChI=1S/C32H28F3N3O2S/c33-32(34,35)25-13-27(31-14-19-10-20(15-31)12-21(11-19)16-31)38-30(24(25)17-36)41-18-28(39)37-26-9-5-4-8-23(26)29(40)22-6-2-1-3-7-22/h1-9,13,19-21H,10-12,14-16,18H2,(H,37,39). The third-order valence-electron chi connectivity index (χ3n) is 8.81. The average molecular weight is 576 g/mol. The van der Waals surface area contributed by atoms with Crippen LogP contribution in [0.15, 0.2) is 65.7 Å². The van der Waals surface area contributed by atoms with E-state index in [9.17, 15) is 28.0 Å². The van der Waals surface area contributed by atoms with Crippen LogP contribution in [-0.4, -0.2) is 22.4 Å². The maximum absolute atomic E-state index is 14.2. The van der Waals surface area contributed by atoms with E-state index >= 15 is 0 Å². The van der Waals surface area contributed by atoms with Gasteiger partial charge >= 0.3 is 6.18 Å². The van der Waals surface area contributed by atoms with Crippen molar-refractivity contribution in [3.63, 3.8) is 0 Å². The van der Waals surface area contributed by atoms with Crippen molar-refractivity contribution in [2.45, 2.75) is 55.1 Å². The highest BCUT2D eigenvalue weighted by molar-refractivity contribution is 8.00. The van der Waals surface area contributed by atoms with Gasteiger partial charge in [-0.05, 0) is 74.5 Å². The Morgan fingerprint density at radius 2 is 1.59 bits per heavy atom. The van der Waals surface area contributed by atoms with Crippen molar-refractivity contribution in [1.29, 1.82) is 5.26 Å². The number of alkyl halides is 3. The van der Waals surface area contributed by atoms with Crippen LogP contribution in [0, 0.1) is 29.1 Å². The van der Waals surface area contributed by atoms with E-state index in [-0.39, 0.29) is 16.6 Å². The van der Waals surface area contributed by atoms with Crippen molar-refractivity contribution < 1.29 is 22.8 Å². The Kier molecular flexibility index (Phi) is 7.14. The summed E-state index contributed by atoms with van der Waals surface area (Å²) in [5.74, 6) is 0.483. The highest BCUT2D eigenvalue weighted by atomic mass is 32.2. The number of para-hydroxylation sites is 1. The van der Waals surface area contributed by atoms with Gasteiger partial charge in [-0.3, -0.25) is 9.59 Å². The zero-order chi connectivity index (χ0) is 28.8. The van der Waals surface area contributed by atoms with Crippen molar-refractivity contribution in [2.75, 3.05) is 11.1 Å². The Balaban J connectivity index is 1.26. The molecule has 4 aliphatic rings. The van der Waals surface area contributed by atoms with Crippen LogP contribution in [0.1, 0.15) is 71.3 Å². The summed E-state index contributed by atoms with van der Waals surface area (Å²) in [6, 6.07) is 18.1. The van der Waals surface area contributed by atoms with Gasteiger partial charge in [0.1, 0.15) is 11.1 Å². The molecule has 1 aromatic heterocycles. The lowest BCUT2D eigenvalue weighted by Crippen LogP contribution is -2.49. The second kappa shape index (κ2) is 10.6. The first kappa shape index (κ1) is 27.5. The molecule has 4 fully saturated rings. The molecule has 0 aliphatic heterocycles. The summed E-state index contributed by atoms with van der Waals surface area (Å²) in [5.41, 5.74) is -0.463. The largest absolute Gasteiger partial charge is 0.417 e. The first-order chi connectivity index (χ1) is 19.6. The Bertz CT molecular complexity index is 1510. The van der Waals surface area contributed by atoms with Crippen LogP contribution in [0.2, 0.25) is 0 Å². The lowest BCUT2D eigenvalue weighted by atomic mass is 9.48. The molecule has 7 rings (SSSR count). The van der Waals surface area contributed by atoms with Gasteiger partial charge in [-0.25, -0.2) is 4.98 Å². The number of aromatic nitrogens is 1. The minimum Gasteiger partial charge on any atom is -0.325 e. The smallest absolute Gasteiger partial charge is 0.325 e. The van der Waals surface area contributed by atoms with Crippen molar-refractivity contribution >= 4 is 29.1 Å². The molecule has 0 radical (unpaired) electrons. The molecule has 3 aromatic rings. The number of rotatable bonds is 7. The van der Waals surface area contributed by atoms with Crippen LogP contribution < -0.4 is 5.32 Å². The van der Waals surface area contributed by atoms with E-state index in [0.29, 0.717) is 40.3 Å².